The van der Waals surface area contributed by atoms with E-state index in [-0.39, 0.29) is 24.0 Å². The first-order valence-electron chi connectivity index (χ1n) is 9.73. The molecule has 8 nitrogen and oxygen atoms in total. The summed E-state index contributed by atoms with van der Waals surface area (Å²) in [4.78, 5) is 16.3. The van der Waals surface area contributed by atoms with Gasteiger partial charge in [0.25, 0.3) is 0 Å². The molecule has 1 aliphatic rings. The first-order valence-corrected chi connectivity index (χ1v) is 9.73. The molecule has 0 aromatic carbocycles. The predicted molar refractivity (Wildman–Crippen MR) is 107 cm³/mol. The van der Waals surface area contributed by atoms with Crippen LogP contribution in [0.15, 0.2) is 4.99 Å². The van der Waals surface area contributed by atoms with Gasteiger partial charge in [0.05, 0.1) is 12.6 Å². The normalized spacial score (nSPS) is 21.9. The minimum atomic E-state index is -0.527. The Morgan fingerprint density at radius 2 is 2.04 bits per heavy atom. The van der Waals surface area contributed by atoms with Crippen LogP contribution in [0, 0.1) is 11.3 Å². The highest BCUT2D eigenvalue weighted by Gasteiger charge is 2.34. The smallest absolute Gasteiger partial charge is 0.407 e. The van der Waals surface area contributed by atoms with Gasteiger partial charge in [-0.25, -0.2) is 4.79 Å². The number of nitrogens with zero attached hydrogens (tertiary/aromatic N) is 1. The largest absolute Gasteiger partial charge is 0.444 e. The number of aliphatic hydroxyl groups is 1. The van der Waals surface area contributed by atoms with Gasteiger partial charge in [-0.3, -0.25) is 4.99 Å². The predicted octanol–water partition coefficient (Wildman–Crippen LogP) is 1.49. The second kappa shape index (κ2) is 10.7. The van der Waals surface area contributed by atoms with E-state index in [0.29, 0.717) is 32.1 Å². The van der Waals surface area contributed by atoms with Crippen molar-refractivity contribution in [2.45, 2.75) is 59.1 Å². The third kappa shape index (κ3) is 8.79. The average Bonchev–Trinajstić information content (AvgIpc) is 3.01. The van der Waals surface area contributed by atoms with Crippen LogP contribution in [0.25, 0.3) is 0 Å². The highest BCUT2D eigenvalue weighted by Crippen LogP contribution is 2.31. The second-order valence-electron chi connectivity index (χ2n) is 8.58. The third-order valence-corrected chi connectivity index (χ3v) is 4.68. The van der Waals surface area contributed by atoms with Crippen LogP contribution in [0.1, 0.15) is 47.5 Å². The zero-order valence-corrected chi connectivity index (χ0v) is 17.7. The van der Waals surface area contributed by atoms with Crippen molar-refractivity contribution in [2.75, 3.05) is 40.0 Å². The molecule has 0 radical (unpaired) electrons. The van der Waals surface area contributed by atoms with Gasteiger partial charge in [0.2, 0.25) is 0 Å². The van der Waals surface area contributed by atoms with Crippen molar-refractivity contribution in [3.63, 3.8) is 0 Å². The zero-order chi connectivity index (χ0) is 20.5. The maximum absolute atomic E-state index is 12.1. The Bertz CT molecular complexity index is 483. The van der Waals surface area contributed by atoms with Crippen molar-refractivity contribution in [1.82, 2.24) is 16.0 Å². The zero-order valence-electron chi connectivity index (χ0n) is 17.7. The molecule has 0 aromatic rings. The molecular formula is C19H38N4O4. The number of carbonyl (C=O) groups is 1. The summed E-state index contributed by atoms with van der Waals surface area (Å²) in [6.07, 6.45) is 1.20. The van der Waals surface area contributed by atoms with Gasteiger partial charge in [-0.2, -0.15) is 0 Å². The number of nitrogens with one attached hydrogen (secondary N) is 3. The second-order valence-corrected chi connectivity index (χ2v) is 8.58. The van der Waals surface area contributed by atoms with Crippen molar-refractivity contribution < 1.29 is 19.4 Å². The van der Waals surface area contributed by atoms with E-state index < -0.39 is 11.7 Å². The molecule has 1 heterocycles. The van der Waals surface area contributed by atoms with Crippen LogP contribution < -0.4 is 16.0 Å². The first-order chi connectivity index (χ1) is 12.6. The Labute approximate surface area is 163 Å². The van der Waals surface area contributed by atoms with Gasteiger partial charge in [0.1, 0.15) is 5.60 Å². The van der Waals surface area contributed by atoms with Gasteiger partial charge < -0.3 is 30.5 Å². The molecule has 1 aliphatic heterocycles. The van der Waals surface area contributed by atoms with Crippen molar-refractivity contribution in [3.8, 4) is 0 Å². The molecule has 2 atom stereocenters. The molecule has 0 aliphatic carbocycles. The molecule has 2 unspecified atom stereocenters. The average molecular weight is 387 g/mol. The Morgan fingerprint density at radius 1 is 1.33 bits per heavy atom. The Balaban J connectivity index is 2.53. The Morgan fingerprint density at radius 3 is 2.52 bits per heavy atom. The van der Waals surface area contributed by atoms with E-state index in [1.54, 1.807) is 7.05 Å². The number of carbonyl (C=O) groups excluding carboxylic acids is 1. The number of aliphatic imine (C=N–C) groups is 1. The van der Waals surface area contributed by atoms with Crippen LogP contribution in [0.4, 0.5) is 4.79 Å². The summed E-state index contributed by atoms with van der Waals surface area (Å²) >= 11 is 0. The molecule has 158 valence electrons. The summed E-state index contributed by atoms with van der Waals surface area (Å²) < 4.78 is 10.9. The van der Waals surface area contributed by atoms with E-state index >= 15 is 0 Å². The molecule has 0 saturated carbocycles. The van der Waals surface area contributed by atoms with E-state index in [1.165, 1.54) is 0 Å². The lowest BCUT2D eigenvalue weighted by molar-refractivity contribution is 0.0491. The summed E-state index contributed by atoms with van der Waals surface area (Å²) in [6.45, 7) is 12.3. The molecule has 1 rings (SSSR count). The summed E-state index contributed by atoms with van der Waals surface area (Å²) in [5, 5.41) is 18.8. The third-order valence-electron chi connectivity index (χ3n) is 4.68. The maximum Gasteiger partial charge on any atom is 0.407 e. The summed E-state index contributed by atoms with van der Waals surface area (Å²) in [7, 11) is 1.71. The number of rotatable bonds is 8. The standard InChI is InChI=1S/C19H38N4O4/c1-14(2)15(23-17(25)27-18(3,4)5)11-21-16(20-6)22-12-19(7-9-24)8-10-26-13-19/h14-15,24H,7-13H2,1-6H3,(H,23,25)(H2,20,21,22). The van der Waals surface area contributed by atoms with Crippen LogP contribution in [-0.2, 0) is 9.47 Å². The number of hydrogen-bond acceptors (Lipinski definition) is 5. The van der Waals surface area contributed by atoms with Gasteiger partial charge in [0.15, 0.2) is 5.96 Å². The van der Waals surface area contributed by atoms with Gasteiger partial charge in [0, 0.05) is 38.8 Å². The fourth-order valence-corrected chi connectivity index (χ4v) is 2.92. The van der Waals surface area contributed by atoms with Crippen LogP contribution in [-0.4, -0.2) is 68.8 Å². The van der Waals surface area contributed by atoms with Crippen LogP contribution >= 0.6 is 0 Å². The van der Waals surface area contributed by atoms with Gasteiger partial charge >= 0.3 is 6.09 Å². The fraction of sp³-hybridized carbons (Fsp3) is 0.895. The molecule has 27 heavy (non-hydrogen) atoms. The number of ether oxygens (including phenoxy) is 2. The van der Waals surface area contributed by atoms with Crippen molar-refractivity contribution >= 4 is 12.1 Å². The molecule has 0 aromatic heterocycles. The summed E-state index contributed by atoms with van der Waals surface area (Å²) in [5.74, 6) is 0.892. The van der Waals surface area contributed by atoms with E-state index in [9.17, 15) is 9.90 Å². The van der Waals surface area contributed by atoms with Crippen LogP contribution in [0.5, 0.6) is 0 Å². The lowest BCUT2D eigenvalue weighted by atomic mass is 9.84. The van der Waals surface area contributed by atoms with E-state index in [2.05, 4.69) is 20.9 Å². The number of aliphatic hydroxyl groups excluding tert-OH is 1. The number of amides is 1. The van der Waals surface area contributed by atoms with E-state index in [0.717, 1.165) is 13.0 Å². The molecule has 0 spiro atoms. The summed E-state index contributed by atoms with van der Waals surface area (Å²) in [6, 6.07) is -0.0976. The number of guanidine groups is 1. The minimum Gasteiger partial charge on any atom is -0.444 e. The number of alkyl carbamates (subject to hydrolysis) is 1. The molecule has 0 bridgehead atoms. The van der Waals surface area contributed by atoms with Gasteiger partial charge in [-0.15, -0.1) is 0 Å². The first kappa shape index (κ1) is 23.5. The van der Waals surface area contributed by atoms with Crippen LogP contribution in [0.3, 0.4) is 0 Å². The monoisotopic (exact) mass is 386 g/mol. The van der Waals surface area contributed by atoms with Crippen molar-refractivity contribution in [3.05, 3.63) is 0 Å². The molecule has 8 heteroatoms. The Hall–Kier alpha value is -1.54. The summed E-state index contributed by atoms with van der Waals surface area (Å²) in [5.41, 5.74) is -0.584. The van der Waals surface area contributed by atoms with Gasteiger partial charge in [-0.1, -0.05) is 13.8 Å². The molecule has 1 amide bonds. The van der Waals surface area contributed by atoms with Crippen molar-refractivity contribution in [2.24, 2.45) is 16.3 Å². The van der Waals surface area contributed by atoms with E-state index in [1.807, 2.05) is 34.6 Å². The molecule has 1 saturated heterocycles. The molecule has 4 N–H and O–H groups in total. The number of hydrogen-bond donors (Lipinski definition) is 4. The Kier molecular flexibility index (Phi) is 9.32. The maximum atomic E-state index is 12.1. The fourth-order valence-electron chi connectivity index (χ4n) is 2.92. The van der Waals surface area contributed by atoms with Crippen molar-refractivity contribution in [1.29, 1.82) is 0 Å². The van der Waals surface area contributed by atoms with Gasteiger partial charge in [-0.05, 0) is 39.5 Å². The quantitative estimate of drug-likeness (QED) is 0.372. The van der Waals surface area contributed by atoms with Crippen LogP contribution in [0.2, 0.25) is 0 Å². The highest BCUT2D eigenvalue weighted by molar-refractivity contribution is 5.79. The molecule has 1 fully saturated rings. The SMILES string of the molecule is CN=C(NCC(NC(=O)OC(C)(C)C)C(C)C)NCC1(CCO)CCOC1. The lowest BCUT2D eigenvalue weighted by Crippen LogP contribution is -2.51. The topological polar surface area (TPSA) is 104 Å². The van der Waals surface area contributed by atoms with E-state index in [4.69, 9.17) is 9.47 Å². The molecular weight excluding hydrogens is 348 g/mol. The highest BCUT2D eigenvalue weighted by atomic mass is 16.6. The lowest BCUT2D eigenvalue weighted by Gasteiger charge is -2.29. The minimum absolute atomic E-state index is 0.0570.